The number of rotatable bonds is 4. The molecular weight excluding hydrogens is 302 g/mol. The molecule has 0 aromatic carbocycles. The molecule has 106 valence electrons. The Morgan fingerprint density at radius 3 is 2.75 bits per heavy atom. The second kappa shape index (κ2) is 4.78. The van der Waals surface area contributed by atoms with Crippen LogP contribution in [-0.4, -0.2) is 40.1 Å². The van der Waals surface area contributed by atoms with Crippen molar-refractivity contribution in [1.29, 1.82) is 0 Å². The van der Waals surface area contributed by atoms with Gasteiger partial charge in [0, 0.05) is 6.26 Å². The lowest BCUT2D eigenvalue weighted by molar-refractivity contribution is 0.593. The minimum absolute atomic E-state index is 0.253. The van der Waals surface area contributed by atoms with Crippen molar-refractivity contribution in [2.45, 2.75) is 24.4 Å². The summed E-state index contributed by atoms with van der Waals surface area (Å²) in [5.74, 6) is 0.619. The van der Waals surface area contributed by atoms with Gasteiger partial charge >= 0.3 is 0 Å². The van der Waals surface area contributed by atoms with Gasteiger partial charge in [-0.15, -0.1) is 0 Å². The lowest BCUT2D eigenvalue weighted by atomic mass is 10.1. The number of aromatic nitrogens is 5. The molecule has 2 heterocycles. The van der Waals surface area contributed by atoms with Crippen LogP contribution in [0.5, 0.6) is 0 Å². The fraction of sp³-hybridized carbons (Fsp3) is 0.455. The van der Waals surface area contributed by atoms with E-state index in [2.05, 4.69) is 25.4 Å². The average Bonchev–Trinajstić information content (AvgIpc) is 3.06. The molecule has 0 radical (unpaired) electrons. The van der Waals surface area contributed by atoms with Crippen molar-refractivity contribution in [3.8, 4) is 11.4 Å². The van der Waals surface area contributed by atoms with Gasteiger partial charge in [0.25, 0.3) is 0 Å². The van der Waals surface area contributed by atoms with Crippen LogP contribution in [0.3, 0.4) is 0 Å². The van der Waals surface area contributed by atoms with Gasteiger partial charge < -0.3 is 0 Å². The normalized spacial score (nSPS) is 15.5. The number of H-pyrrole nitrogens is 1. The van der Waals surface area contributed by atoms with E-state index in [-0.39, 0.29) is 10.2 Å². The molecule has 0 spiro atoms. The summed E-state index contributed by atoms with van der Waals surface area (Å²) in [6.45, 7) is 0. The van der Waals surface area contributed by atoms with Crippen molar-refractivity contribution < 1.29 is 8.42 Å². The molecule has 7 nitrogen and oxygen atoms in total. The summed E-state index contributed by atoms with van der Waals surface area (Å²) in [5.41, 5.74) is 1.55. The molecule has 0 aliphatic heterocycles. The molecule has 0 saturated heterocycles. The Labute approximate surface area is 120 Å². The third-order valence-electron chi connectivity index (χ3n) is 3.08. The molecule has 0 unspecified atom stereocenters. The van der Waals surface area contributed by atoms with E-state index in [1.54, 1.807) is 0 Å². The van der Waals surface area contributed by atoms with Gasteiger partial charge in [0.2, 0.25) is 15.0 Å². The third-order valence-corrected chi connectivity index (χ3v) is 4.21. The van der Waals surface area contributed by atoms with E-state index in [1.165, 1.54) is 19.0 Å². The molecule has 0 bridgehead atoms. The summed E-state index contributed by atoms with van der Waals surface area (Å²) < 4.78 is 23.1. The third kappa shape index (κ3) is 2.66. The van der Waals surface area contributed by atoms with Gasteiger partial charge in [-0.05, 0) is 25.2 Å². The Morgan fingerprint density at radius 1 is 1.35 bits per heavy atom. The molecule has 3 rings (SSSR count). The highest BCUT2D eigenvalue weighted by atomic mass is 35.5. The molecule has 1 aliphatic carbocycles. The number of aromatic amines is 1. The molecule has 0 atom stereocenters. The van der Waals surface area contributed by atoms with Crippen molar-refractivity contribution >= 4 is 21.4 Å². The summed E-state index contributed by atoms with van der Waals surface area (Å²) in [6.07, 6.45) is 5.47. The number of nitrogens with zero attached hydrogens (tertiary/aromatic N) is 4. The molecule has 2 aromatic rings. The lowest BCUT2D eigenvalue weighted by Gasteiger charge is -2.04. The number of halogens is 1. The van der Waals surface area contributed by atoms with Gasteiger partial charge in [-0.1, -0.05) is 11.6 Å². The second-order valence-corrected chi connectivity index (χ2v) is 7.20. The topological polar surface area (TPSA) is 101 Å². The van der Waals surface area contributed by atoms with Crippen molar-refractivity contribution in [1.82, 2.24) is 25.4 Å². The standard InChI is InChI=1S/C11H12ClN5O2S/c1-20(18,19)11-13-5-7(12)9(14-11)10-8(15-17-16-10)4-6-2-3-6/h5-6H,2-4H2,1H3,(H,15,16,17). The maximum absolute atomic E-state index is 11.5. The Bertz CT molecular complexity index is 754. The zero-order chi connectivity index (χ0) is 14.3. The van der Waals surface area contributed by atoms with Gasteiger partial charge in [-0.25, -0.2) is 18.4 Å². The molecule has 1 N–H and O–H groups in total. The zero-order valence-electron chi connectivity index (χ0n) is 10.7. The van der Waals surface area contributed by atoms with Crippen LogP contribution in [-0.2, 0) is 16.3 Å². The molecule has 2 aromatic heterocycles. The van der Waals surface area contributed by atoms with Crippen LogP contribution in [0.4, 0.5) is 0 Å². The first-order valence-corrected chi connectivity index (χ1v) is 8.34. The van der Waals surface area contributed by atoms with Gasteiger partial charge in [0.05, 0.1) is 16.9 Å². The van der Waals surface area contributed by atoms with E-state index < -0.39 is 9.84 Å². The maximum atomic E-state index is 11.5. The van der Waals surface area contributed by atoms with Crippen molar-refractivity contribution in [3.05, 3.63) is 16.9 Å². The average molecular weight is 314 g/mol. The first-order chi connectivity index (χ1) is 9.45. The van der Waals surface area contributed by atoms with E-state index in [0.717, 1.165) is 18.4 Å². The quantitative estimate of drug-likeness (QED) is 0.853. The Balaban J connectivity index is 2.07. The maximum Gasteiger partial charge on any atom is 0.247 e. The predicted octanol–water partition coefficient (Wildman–Crippen LogP) is 1.27. The fourth-order valence-corrected chi connectivity index (χ4v) is 2.56. The number of hydrogen-bond donors (Lipinski definition) is 1. The van der Waals surface area contributed by atoms with Crippen LogP contribution in [0.1, 0.15) is 18.5 Å². The number of hydrogen-bond acceptors (Lipinski definition) is 6. The summed E-state index contributed by atoms with van der Waals surface area (Å²) in [4.78, 5) is 7.75. The summed E-state index contributed by atoms with van der Waals surface area (Å²) >= 11 is 6.06. The number of nitrogens with one attached hydrogen (secondary N) is 1. The Hall–Kier alpha value is -1.54. The summed E-state index contributed by atoms with van der Waals surface area (Å²) in [6, 6.07) is 0. The number of sulfone groups is 1. The van der Waals surface area contributed by atoms with Gasteiger partial charge in [0.1, 0.15) is 11.4 Å². The monoisotopic (exact) mass is 313 g/mol. The minimum atomic E-state index is -3.50. The van der Waals surface area contributed by atoms with Gasteiger partial charge in [0.15, 0.2) is 0 Å². The Kier molecular flexibility index (Phi) is 3.21. The fourth-order valence-electron chi connectivity index (χ4n) is 1.88. The van der Waals surface area contributed by atoms with Crippen LogP contribution >= 0.6 is 11.6 Å². The highest BCUT2D eigenvalue weighted by molar-refractivity contribution is 7.90. The second-order valence-electron chi connectivity index (χ2n) is 4.89. The van der Waals surface area contributed by atoms with Crippen LogP contribution in [0.2, 0.25) is 5.02 Å². The molecule has 1 aliphatic rings. The molecule has 20 heavy (non-hydrogen) atoms. The molecular formula is C11H12ClN5O2S. The van der Waals surface area contributed by atoms with Crippen LogP contribution < -0.4 is 0 Å². The van der Waals surface area contributed by atoms with Crippen molar-refractivity contribution in [3.63, 3.8) is 0 Å². The first kappa shape index (κ1) is 13.4. The highest BCUT2D eigenvalue weighted by Crippen LogP contribution is 2.35. The largest absolute Gasteiger partial charge is 0.247 e. The van der Waals surface area contributed by atoms with Gasteiger partial charge in [-0.2, -0.15) is 15.4 Å². The zero-order valence-corrected chi connectivity index (χ0v) is 12.2. The first-order valence-electron chi connectivity index (χ1n) is 6.08. The molecule has 1 fully saturated rings. The highest BCUT2D eigenvalue weighted by Gasteiger charge is 2.26. The minimum Gasteiger partial charge on any atom is -0.225 e. The molecule has 0 amide bonds. The van der Waals surface area contributed by atoms with Crippen molar-refractivity contribution in [2.75, 3.05) is 6.26 Å². The van der Waals surface area contributed by atoms with Crippen LogP contribution in [0, 0.1) is 5.92 Å². The van der Waals surface area contributed by atoms with Crippen molar-refractivity contribution in [2.24, 2.45) is 5.92 Å². The van der Waals surface area contributed by atoms with E-state index in [4.69, 9.17) is 11.6 Å². The van der Waals surface area contributed by atoms with E-state index in [9.17, 15) is 8.42 Å². The van der Waals surface area contributed by atoms with Crippen LogP contribution in [0.15, 0.2) is 11.4 Å². The van der Waals surface area contributed by atoms with E-state index >= 15 is 0 Å². The summed E-state index contributed by atoms with van der Waals surface area (Å²) in [7, 11) is -3.50. The van der Waals surface area contributed by atoms with E-state index in [0.29, 0.717) is 17.3 Å². The Morgan fingerprint density at radius 2 is 2.10 bits per heavy atom. The lowest BCUT2D eigenvalue weighted by Crippen LogP contribution is -2.05. The van der Waals surface area contributed by atoms with Gasteiger partial charge in [-0.3, -0.25) is 0 Å². The smallest absolute Gasteiger partial charge is 0.225 e. The van der Waals surface area contributed by atoms with E-state index in [1.807, 2.05) is 0 Å². The predicted molar refractivity (Wildman–Crippen MR) is 72.0 cm³/mol. The SMILES string of the molecule is CS(=O)(=O)c1ncc(Cl)c(-c2n[nH]nc2CC2CC2)n1. The van der Waals surface area contributed by atoms with Crippen LogP contribution in [0.25, 0.3) is 11.4 Å². The summed E-state index contributed by atoms with van der Waals surface area (Å²) in [5, 5.41) is 10.7. The molecule has 9 heteroatoms. The molecule has 1 saturated carbocycles.